The van der Waals surface area contributed by atoms with Crippen LogP contribution in [0.4, 0.5) is 0 Å². The number of rotatable bonds is 5. The average molecular weight is 225 g/mol. The highest BCUT2D eigenvalue weighted by molar-refractivity contribution is 6.01. The van der Waals surface area contributed by atoms with Gasteiger partial charge in [0.2, 0.25) is 5.91 Å². The van der Waals surface area contributed by atoms with Crippen molar-refractivity contribution in [2.45, 2.75) is 38.6 Å². The Hall–Kier alpha value is -1.26. The number of nitrogens with zero attached hydrogens (tertiary/aromatic N) is 1. The Morgan fingerprint density at radius 1 is 1.38 bits per heavy atom. The van der Waals surface area contributed by atoms with Gasteiger partial charge in [-0.3, -0.25) is 4.79 Å². The summed E-state index contributed by atoms with van der Waals surface area (Å²) in [6.07, 6.45) is 4.89. The molecule has 0 radical (unpaired) electrons. The molecule has 5 nitrogen and oxygen atoms in total. The lowest BCUT2D eigenvalue weighted by molar-refractivity contribution is -0.123. The van der Waals surface area contributed by atoms with Gasteiger partial charge in [0, 0.05) is 6.04 Å². The molecule has 0 aromatic heterocycles. The van der Waals surface area contributed by atoms with E-state index in [1.165, 1.54) is 25.7 Å². The fourth-order valence-electron chi connectivity index (χ4n) is 2.04. The predicted molar refractivity (Wildman–Crippen MR) is 60.0 cm³/mol. The van der Waals surface area contributed by atoms with Crippen molar-refractivity contribution < 1.29 is 10.0 Å². The summed E-state index contributed by atoms with van der Waals surface area (Å²) in [6, 6.07) is 0.321. The van der Waals surface area contributed by atoms with Crippen LogP contribution in [0.15, 0.2) is 5.16 Å². The lowest BCUT2D eigenvalue weighted by Gasteiger charge is -2.20. The molecule has 2 aliphatic carbocycles. The normalized spacial score (nSPS) is 23.2. The summed E-state index contributed by atoms with van der Waals surface area (Å²) >= 11 is 0. The van der Waals surface area contributed by atoms with Crippen LogP contribution in [0.3, 0.4) is 0 Å². The maximum absolute atomic E-state index is 11.8. The molecular weight excluding hydrogens is 206 g/mol. The first-order chi connectivity index (χ1) is 7.63. The van der Waals surface area contributed by atoms with Crippen LogP contribution in [0.5, 0.6) is 0 Å². The number of nitrogens with two attached hydrogens (primary N) is 1. The van der Waals surface area contributed by atoms with E-state index in [9.17, 15) is 4.79 Å². The quantitative estimate of drug-likeness (QED) is 0.278. The van der Waals surface area contributed by atoms with Crippen molar-refractivity contribution in [2.24, 2.45) is 28.6 Å². The van der Waals surface area contributed by atoms with E-state index in [0.29, 0.717) is 17.9 Å². The van der Waals surface area contributed by atoms with Crippen molar-refractivity contribution in [2.75, 3.05) is 0 Å². The van der Waals surface area contributed by atoms with Gasteiger partial charge >= 0.3 is 0 Å². The van der Waals surface area contributed by atoms with E-state index in [1.807, 2.05) is 0 Å². The number of hydrogen-bond donors (Lipinski definition) is 3. The Morgan fingerprint density at radius 2 is 1.88 bits per heavy atom. The average Bonchev–Trinajstić information content (AvgIpc) is 3.15. The van der Waals surface area contributed by atoms with Crippen LogP contribution < -0.4 is 11.1 Å². The van der Waals surface area contributed by atoms with Crippen molar-refractivity contribution >= 4 is 11.7 Å². The van der Waals surface area contributed by atoms with E-state index in [0.717, 1.165) is 0 Å². The molecule has 2 aliphatic rings. The van der Waals surface area contributed by atoms with Crippen molar-refractivity contribution in [3.05, 3.63) is 0 Å². The van der Waals surface area contributed by atoms with Gasteiger partial charge < -0.3 is 16.3 Å². The minimum atomic E-state index is -0.551. The number of carbonyl (C=O) groups is 1. The van der Waals surface area contributed by atoms with E-state index >= 15 is 0 Å². The third-order valence-corrected chi connectivity index (χ3v) is 3.52. The molecule has 0 aliphatic heterocycles. The molecular formula is C11H19N3O2. The number of amides is 1. The second-order valence-corrected chi connectivity index (χ2v) is 4.96. The van der Waals surface area contributed by atoms with Crippen molar-refractivity contribution in [1.29, 1.82) is 0 Å². The summed E-state index contributed by atoms with van der Waals surface area (Å²) in [5, 5.41) is 14.4. The first-order valence-electron chi connectivity index (χ1n) is 5.91. The van der Waals surface area contributed by atoms with E-state index in [2.05, 4.69) is 10.5 Å². The maximum Gasteiger partial charge on any atom is 0.230 e. The van der Waals surface area contributed by atoms with Crippen molar-refractivity contribution in [3.63, 3.8) is 0 Å². The highest BCUT2D eigenvalue weighted by Gasteiger charge is 2.42. The van der Waals surface area contributed by atoms with Gasteiger partial charge in [-0.2, -0.15) is 0 Å². The molecule has 16 heavy (non-hydrogen) atoms. The molecule has 0 saturated heterocycles. The smallest absolute Gasteiger partial charge is 0.230 e. The van der Waals surface area contributed by atoms with Crippen LogP contribution in [0.1, 0.15) is 32.6 Å². The first kappa shape index (κ1) is 11.2. The summed E-state index contributed by atoms with van der Waals surface area (Å²) < 4.78 is 0. The minimum absolute atomic E-state index is 0.0251. The van der Waals surface area contributed by atoms with Crippen LogP contribution in [-0.2, 0) is 4.79 Å². The monoisotopic (exact) mass is 225 g/mol. The van der Waals surface area contributed by atoms with Gasteiger partial charge in [0.25, 0.3) is 0 Å². The number of hydrogen-bond acceptors (Lipinski definition) is 3. The first-order valence-corrected chi connectivity index (χ1v) is 5.91. The molecule has 1 unspecified atom stereocenters. The zero-order valence-corrected chi connectivity index (χ0v) is 9.52. The zero-order valence-electron chi connectivity index (χ0n) is 9.52. The van der Waals surface area contributed by atoms with E-state index in [-0.39, 0.29) is 11.7 Å². The third kappa shape index (κ3) is 2.46. The molecule has 2 fully saturated rings. The Balaban J connectivity index is 1.89. The van der Waals surface area contributed by atoms with Crippen molar-refractivity contribution in [3.8, 4) is 0 Å². The predicted octanol–water partition coefficient (Wildman–Crippen LogP) is 0.674. The van der Waals surface area contributed by atoms with Crippen molar-refractivity contribution in [1.82, 2.24) is 5.32 Å². The van der Waals surface area contributed by atoms with Crippen LogP contribution in [0, 0.1) is 17.8 Å². The van der Waals surface area contributed by atoms with Gasteiger partial charge in [-0.15, -0.1) is 0 Å². The molecule has 2 rings (SSSR count). The van der Waals surface area contributed by atoms with E-state index in [4.69, 9.17) is 10.9 Å². The molecule has 1 atom stereocenters. The Kier molecular flexibility index (Phi) is 3.03. The topological polar surface area (TPSA) is 87.7 Å². The molecule has 2 saturated carbocycles. The zero-order chi connectivity index (χ0) is 11.7. The van der Waals surface area contributed by atoms with E-state index in [1.54, 1.807) is 6.92 Å². The second kappa shape index (κ2) is 4.31. The summed E-state index contributed by atoms with van der Waals surface area (Å²) in [6.45, 7) is 1.65. The molecule has 4 N–H and O–H groups in total. The molecule has 0 spiro atoms. The van der Waals surface area contributed by atoms with Crippen LogP contribution in [-0.4, -0.2) is 23.0 Å². The number of oxime groups is 1. The Labute approximate surface area is 95.1 Å². The summed E-state index contributed by atoms with van der Waals surface area (Å²) in [4.78, 5) is 11.8. The lowest BCUT2D eigenvalue weighted by atomic mass is 10.0. The standard InChI is InChI=1S/C11H19N3O2/c1-6(10(12)14-16)11(15)13-9(7-2-3-7)8-4-5-8/h6-9,16H,2-5H2,1H3,(H2,12,14)(H,13,15). The molecule has 90 valence electrons. The van der Waals surface area contributed by atoms with Gasteiger partial charge in [0.05, 0.1) is 5.92 Å². The van der Waals surface area contributed by atoms with Gasteiger partial charge in [0.1, 0.15) is 0 Å². The second-order valence-electron chi connectivity index (χ2n) is 4.96. The Morgan fingerprint density at radius 3 is 2.25 bits per heavy atom. The molecule has 0 aromatic carbocycles. The third-order valence-electron chi connectivity index (χ3n) is 3.52. The summed E-state index contributed by atoms with van der Waals surface area (Å²) in [5.74, 6) is 0.624. The number of carbonyl (C=O) groups excluding carboxylic acids is 1. The molecule has 0 heterocycles. The largest absolute Gasteiger partial charge is 0.409 e. The summed E-state index contributed by atoms with van der Waals surface area (Å²) in [5.41, 5.74) is 5.42. The van der Waals surface area contributed by atoms with Gasteiger partial charge in [-0.1, -0.05) is 5.16 Å². The number of amidine groups is 1. The molecule has 0 bridgehead atoms. The van der Waals surface area contributed by atoms with Gasteiger partial charge in [-0.05, 0) is 44.4 Å². The highest BCUT2D eigenvalue weighted by atomic mass is 16.4. The van der Waals surface area contributed by atoms with Crippen LogP contribution in [0.25, 0.3) is 0 Å². The Bertz CT molecular complexity index is 296. The highest BCUT2D eigenvalue weighted by Crippen LogP contribution is 2.44. The maximum atomic E-state index is 11.8. The van der Waals surface area contributed by atoms with E-state index < -0.39 is 5.92 Å². The molecule has 0 aromatic rings. The fraction of sp³-hybridized carbons (Fsp3) is 0.818. The molecule has 5 heteroatoms. The van der Waals surface area contributed by atoms with Gasteiger partial charge in [0.15, 0.2) is 5.84 Å². The summed E-state index contributed by atoms with van der Waals surface area (Å²) in [7, 11) is 0. The minimum Gasteiger partial charge on any atom is -0.409 e. The lowest BCUT2D eigenvalue weighted by Crippen LogP contribution is -2.44. The van der Waals surface area contributed by atoms with Crippen LogP contribution in [0.2, 0.25) is 0 Å². The molecule has 1 amide bonds. The number of nitrogens with one attached hydrogen (secondary N) is 1. The fourth-order valence-corrected chi connectivity index (χ4v) is 2.04. The SMILES string of the molecule is CC(C(=O)NC(C1CC1)C1CC1)C(N)=NO. The van der Waals surface area contributed by atoms with Crippen LogP contribution >= 0.6 is 0 Å². The van der Waals surface area contributed by atoms with Gasteiger partial charge in [-0.25, -0.2) is 0 Å².